The number of ether oxygens (including phenoxy) is 1. The fourth-order valence-corrected chi connectivity index (χ4v) is 2.02. The van der Waals surface area contributed by atoms with Gasteiger partial charge in [-0.15, -0.1) is 0 Å². The Morgan fingerprint density at radius 2 is 1.70 bits per heavy atom. The number of carbonyl (C=O) groups is 1. The third kappa shape index (κ3) is 4.57. The number of rotatable bonds is 5. The minimum absolute atomic E-state index is 0.0782. The smallest absolute Gasteiger partial charge is 0.457 e. The molecule has 0 aliphatic heterocycles. The zero-order valence-corrected chi connectivity index (χ0v) is 12.1. The lowest BCUT2D eigenvalue weighted by Gasteiger charge is -2.09. The van der Waals surface area contributed by atoms with Gasteiger partial charge in [0, 0.05) is 5.69 Å². The van der Waals surface area contributed by atoms with Crippen LogP contribution in [0.25, 0.3) is 0 Å². The summed E-state index contributed by atoms with van der Waals surface area (Å²) in [4.78, 5) is 12.0. The maximum atomic E-state index is 12.0. The highest BCUT2D eigenvalue weighted by Crippen LogP contribution is 2.09. The number of hydrogen-bond donors (Lipinski definition) is 5. The van der Waals surface area contributed by atoms with Crippen molar-refractivity contribution in [3.05, 3.63) is 53.6 Å². The molecular weight excluding hydrogens is 300 g/mol. The molecule has 0 atom stereocenters. The number of hydrogen-bond acceptors (Lipinski definition) is 7. The summed E-state index contributed by atoms with van der Waals surface area (Å²) in [5.41, 5.74) is 6.85. The van der Waals surface area contributed by atoms with Gasteiger partial charge in [0.25, 0.3) is 0 Å². The van der Waals surface area contributed by atoms with Gasteiger partial charge in [0.05, 0.1) is 5.56 Å². The van der Waals surface area contributed by atoms with Crippen LogP contribution in [-0.2, 0) is 11.3 Å². The molecule has 6 N–H and O–H groups in total. The number of esters is 1. The topological polar surface area (TPSA) is 133 Å². The Labute approximate surface area is 133 Å². The Bertz CT molecular complexity index is 707. The van der Waals surface area contributed by atoms with Gasteiger partial charge >= 0.3 is 20.2 Å². The van der Waals surface area contributed by atoms with Crippen LogP contribution in [0.1, 0.15) is 15.9 Å². The highest BCUT2D eigenvalue weighted by Gasteiger charge is 2.17. The molecule has 0 bridgehead atoms. The van der Waals surface area contributed by atoms with Gasteiger partial charge in [0.15, 0.2) is 0 Å². The van der Waals surface area contributed by atoms with Gasteiger partial charge in [-0.05, 0) is 34.7 Å². The van der Waals surface area contributed by atoms with E-state index in [1.165, 1.54) is 30.3 Å². The van der Waals surface area contributed by atoms with Crippen LogP contribution in [0.15, 0.2) is 42.5 Å². The Hall–Kier alpha value is -2.32. The monoisotopic (exact) mass is 315 g/mol. The van der Waals surface area contributed by atoms with E-state index in [0.717, 1.165) is 0 Å². The number of nitrogens with two attached hydrogens (primary N) is 1. The summed E-state index contributed by atoms with van der Waals surface area (Å²) in [6.07, 6.45) is 0. The van der Waals surface area contributed by atoms with E-state index in [1.807, 2.05) is 0 Å². The molecule has 0 saturated carbocycles. The fraction of sp³-hybridized carbons (Fsp3) is 0.0714. The first-order valence-electron chi connectivity index (χ1n) is 6.75. The van der Waals surface area contributed by atoms with E-state index >= 15 is 0 Å². The van der Waals surface area contributed by atoms with Crippen molar-refractivity contribution in [2.75, 3.05) is 5.73 Å². The molecule has 2 aromatic carbocycles. The average molecular weight is 315 g/mol. The Morgan fingerprint density at radius 1 is 1.00 bits per heavy atom. The van der Waals surface area contributed by atoms with Crippen LogP contribution >= 0.6 is 0 Å². The van der Waals surface area contributed by atoms with Crippen LogP contribution in [-0.4, -0.2) is 40.3 Å². The molecule has 2 rings (SSSR count). The molecule has 0 saturated heterocycles. The van der Waals surface area contributed by atoms with Crippen LogP contribution < -0.4 is 16.7 Å². The quantitative estimate of drug-likeness (QED) is 0.244. The van der Waals surface area contributed by atoms with Crippen molar-refractivity contribution < 1.29 is 29.6 Å². The van der Waals surface area contributed by atoms with Gasteiger partial charge in [-0.3, -0.25) is 0 Å². The number of nitrogen functional groups attached to an aromatic ring is 1. The van der Waals surface area contributed by atoms with E-state index in [4.69, 9.17) is 30.6 Å². The van der Waals surface area contributed by atoms with Crippen LogP contribution in [0, 0.1) is 0 Å². The molecule has 0 unspecified atom stereocenters. The summed E-state index contributed by atoms with van der Waals surface area (Å²) in [6, 6.07) is 10.3. The summed E-state index contributed by atoms with van der Waals surface area (Å²) in [6.45, 7) is -0.0782. The first kappa shape index (κ1) is 17.0. The van der Waals surface area contributed by atoms with Crippen molar-refractivity contribution in [2.24, 2.45) is 0 Å². The highest BCUT2D eigenvalue weighted by atomic mass is 16.5. The maximum Gasteiger partial charge on any atom is 0.488 e. The second kappa shape index (κ2) is 7.30. The Morgan fingerprint density at radius 3 is 2.35 bits per heavy atom. The van der Waals surface area contributed by atoms with Gasteiger partial charge in [-0.2, -0.15) is 0 Å². The lowest BCUT2D eigenvalue weighted by Crippen LogP contribution is -2.31. The zero-order chi connectivity index (χ0) is 17.0. The highest BCUT2D eigenvalue weighted by molar-refractivity contribution is 6.59. The summed E-state index contributed by atoms with van der Waals surface area (Å²) in [7, 11) is -3.35. The molecule has 0 aliphatic rings. The molecule has 23 heavy (non-hydrogen) atoms. The third-order valence-electron chi connectivity index (χ3n) is 3.13. The number of benzene rings is 2. The van der Waals surface area contributed by atoms with Crippen molar-refractivity contribution in [3.8, 4) is 0 Å². The lowest BCUT2D eigenvalue weighted by molar-refractivity contribution is 0.0473. The minimum atomic E-state index is -1.74. The summed E-state index contributed by atoms with van der Waals surface area (Å²) >= 11 is 0. The molecular formula is C14H15B2NO6. The van der Waals surface area contributed by atoms with E-state index in [0.29, 0.717) is 5.56 Å². The summed E-state index contributed by atoms with van der Waals surface area (Å²) in [5, 5.41) is 36.5. The van der Waals surface area contributed by atoms with Crippen LogP contribution in [0.4, 0.5) is 5.69 Å². The van der Waals surface area contributed by atoms with Gasteiger partial charge < -0.3 is 30.6 Å². The van der Waals surface area contributed by atoms with Crippen LogP contribution in [0.5, 0.6) is 0 Å². The molecule has 0 heterocycles. The van der Waals surface area contributed by atoms with Gasteiger partial charge in [0.1, 0.15) is 6.61 Å². The lowest BCUT2D eigenvalue weighted by atomic mass is 9.79. The normalized spacial score (nSPS) is 10.3. The molecule has 7 nitrogen and oxygen atoms in total. The predicted octanol–water partition coefficient (Wildman–Crippen LogP) is -2.01. The molecule has 0 fully saturated rings. The molecule has 0 aromatic heterocycles. The maximum absolute atomic E-state index is 12.0. The summed E-state index contributed by atoms with van der Waals surface area (Å²) < 4.78 is 5.12. The van der Waals surface area contributed by atoms with E-state index in [-0.39, 0.29) is 28.8 Å². The zero-order valence-electron chi connectivity index (χ0n) is 12.1. The molecule has 0 spiro atoms. The SMILES string of the molecule is Nc1cc(B(O)O)cc(C(=O)OCc2cccc(B(O)O)c2)c1. The van der Waals surface area contributed by atoms with Crippen molar-refractivity contribution >= 4 is 36.8 Å². The Balaban J connectivity index is 2.09. The molecule has 0 aliphatic carbocycles. The van der Waals surface area contributed by atoms with Crippen LogP contribution in [0.3, 0.4) is 0 Å². The third-order valence-corrected chi connectivity index (χ3v) is 3.13. The average Bonchev–Trinajstić information content (AvgIpc) is 2.52. The minimum Gasteiger partial charge on any atom is -0.457 e. The van der Waals surface area contributed by atoms with Gasteiger partial charge in [-0.1, -0.05) is 24.3 Å². The van der Waals surface area contributed by atoms with Crippen molar-refractivity contribution in [1.82, 2.24) is 0 Å². The fourth-order valence-electron chi connectivity index (χ4n) is 2.02. The molecule has 9 heteroatoms. The van der Waals surface area contributed by atoms with Crippen molar-refractivity contribution in [1.29, 1.82) is 0 Å². The van der Waals surface area contributed by atoms with Crippen LogP contribution in [0.2, 0.25) is 0 Å². The molecule has 0 radical (unpaired) electrons. The van der Waals surface area contributed by atoms with Gasteiger partial charge in [-0.25, -0.2) is 4.79 Å². The second-order valence-corrected chi connectivity index (χ2v) is 4.96. The largest absolute Gasteiger partial charge is 0.488 e. The standard InChI is InChI=1S/C14H15B2NO6/c17-13-6-10(5-12(7-13)16(21)22)14(18)23-8-9-2-1-3-11(4-9)15(19)20/h1-7,19-22H,8,17H2. The first-order chi connectivity index (χ1) is 10.9. The predicted molar refractivity (Wildman–Crippen MR) is 86.1 cm³/mol. The summed E-state index contributed by atoms with van der Waals surface area (Å²) in [5.74, 6) is -0.686. The molecule has 2 aromatic rings. The first-order valence-corrected chi connectivity index (χ1v) is 6.75. The number of anilines is 1. The Kier molecular flexibility index (Phi) is 5.41. The van der Waals surface area contributed by atoms with Gasteiger partial charge in [0.2, 0.25) is 0 Å². The molecule has 0 amide bonds. The second-order valence-electron chi connectivity index (χ2n) is 4.96. The number of carbonyl (C=O) groups excluding carboxylic acids is 1. The van der Waals surface area contributed by atoms with E-state index in [9.17, 15) is 4.79 Å². The van der Waals surface area contributed by atoms with E-state index < -0.39 is 20.2 Å². The van der Waals surface area contributed by atoms with E-state index in [1.54, 1.807) is 12.1 Å². The van der Waals surface area contributed by atoms with Crippen molar-refractivity contribution in [3.63, 3.8) is 0 Å². The van der Waals surface area contributed by atoms with Crippen molar-refractivity contribution in [2.45, 2.75) is 6.61 Å². The molecule has 118 valence electrons. The van der Waals surface area contributed by atoms with E-state index in [2.05, 4.69) is 0 Å².